The highest BCUT2D eigenvalue weighted by atomic mass is 32.2. The van der Waals surface area contributed by atoms with Crippen LogP contribution in [0.15, 0.2) is 4.99 Å². The van der Waals surface area contributed by atoms with E-state index < -0.39 is 9.84 Å². The van der Waals surface area contributed by atoms with Crippen LogP contribution in [0.5, 0.6) is 0 Å². The van der Waals surface area contributed by atoms with E-state index in [9.17, 15) is 13.2 Å². The fourth-order valence-electron chi connectivity index (χ4n) is 2.48. The van der Waals surface area contributed by atoms with Gasteiger partial charge in [0.25, 0.3) is 0 Å². The third-order valence-electron chi connectivity index (χ3n) is 3.78. The van der Waals surface area contributed by atoms with E-state index in [2.05, 4.69) is 10.3 Å². The lowest BCUT2D eigenvalue weighted by molar-refractivity contribution is -0.149. The van der Waals surface area contributed by atoms with Crippen LogP contribution in [0, 0.1) is 5.92 Å². The molecule has 1 heterocycles. The van der Waals surface area contributed by atoms with E-state index in [4.69, 9.17) is 4.74 Å². The third-order valence-corrected chi connectivity index (χ3v) is 5.46. The highest BCUT2D eigenvalue weighted by Crippen LogP contribution is 2.18. The van der Waals surface area contributed by atoms with E-state index in [-0.39, 0.29) is 29.9 Å². The number of esters is 1. The number of nitrogens with zero attached hydrogens (tertiary/aromatic N) is 2. The zero-order chi connectivity index (χ0) is 17.3. The second kappa shape index (κ2) is 9.75. The Bertz CT molecular complexity index is 505. The van der Waals surface area contributed by atoms with Gasteiger partial charge in [-0.25, -0.2) is 8.42 Å². The van der Waals surface area contributed by atoms with Crippen molar-refractivity contribution in [2.45, 2.75) is 33.6 Å². The third kappa shape index (κ3) is 6.76. The van der Waals surface area contributed by atoms with Crippen molar-refractivity contribution in [1.82, 2.24) is 10.2 Å². The predicted octanol–water partition coefficient (Wildman–Crippen LogP) is 0.662. The maximum Gasteiger partial charge on any atom is 0.310 e. The molecule has 1 fully saturated rings. The topological polar surface area (TPSA) is 88.1 Å². The molecule has 0 aliphatic carbocycles. The highest BCUT2D eigenvalue weighted by molar-refractivity contribution is 7.91. The van der Waals surface area contributed by atoms with Crippen LogP contribution in [0.1, 0.15) is 33.6 Å². The number of carbonyl (C=O) groups excluding carboxylic acids is 1. The van der Waals surface area contributed by atoms with E-state index in [0.717, 1.165) is 19.4 Å². The highest BCUT2D eigenvalue weighted by Gasteiger charge is 2.28. The lowest BCUT2D eigenvalue weighted by atomic mass is 9.98. The van der Waals surface area contributed by atoms with Crippen molar-refractivity contribution in [2.75, 3.05) is 44.3 Å². The largest absolute Gasteiger partial charge is 0.466 e. The van der Waals surface area contributed by atoms with Crippen LogP contribution in [0.4, 0.5) is 0 Å². The van der Waals surface area contributed by atoms with Crippen molar-refractivity contribution >= 4 is 21.8 Å². The summed E-state index contributed by atoms with van der Waals surface area (Å²) in [6, 6.07) is 0. The Morgan fingerprint density at radius 2 is 2.09 bits per heavy atom. The molecule has 0 amide bonds. The predicted molar refractivity (Wildman–Crippen MR) is 91.2 cm³/mol. The molecule has 134 valence electrons. The molecule has 1 rings (SSSR count). The van der Waals surface area contributed by atoms with Gasteiger partial charge in [0.15, 0.2) is 15.8 Å². The first kappa shape index (κ1) is 19.7. The number of guanidine groups is 1. The number of sulfone groups is 1. The molecular formula is C15H29N3O4S. The first-order valence-electron chi connectivity index (χ1n) is 8.33. The number of carbonyl (C=O) groups is 1. The maximum absolute atomic E-state index is 11.9. The van der Waals surface area contributed by atoms with Gasteiger partial charge < -0.3 is 15.0 Å². The van der Waals surface area contributed by atoms with Crippen molar-refractivity contribution in [3.63, 3.8) is 0 Å². The van der Waals surface area contributed by atoms with Crippen LogP contribution < -0.4 is 5.32 Å². The minimum Gasteiger partial charge on any atom is -0.466 e. The summed E-state index contributed by atoms with van der Waals surface area (Å²) >= 11 is 0. The van der Waals surface area contributed by atoms with Crippen LogP contribution in [0.2, 0.25) is 0 Å². The molecule has 1 atom stereocenters. The number of aliphatic imine (C=N–C) groups is 1. The van der Waals surface area contributed by atoms with Gasteiger partial charge in [-0.15, -0.1) is 0 Å². The Morgan fingerprint density at radius 3 is 2.70 bits per heavy atom. The number of rotatable bonds is 7. The smallest absolute Gasteiger partial charge is 0.310 e. The second-order valence-corrected chi connectivity index (χ2v) is 7.98. The van der Waals surface area contributed by atoms with Crippen molar-refractivity contribution in [3.8, 4) is 0 Å². The Labute approximate surface area is 139 Å². The summed E-state index contributed by atoms with van der Waals surface area (Å²) in [5, 5.41) is 3.18. The summed E-state index contributed by atoms with van der Waals surface area (Å²) in [6.45, 7) is 8.09. The van der Waals surface area contributed by atoms with Gasteiger partial charge in [0.05, 0.1) is 24.8 Å². The molecule has 0 aromatic rings. The summed E-state index contributed by atoms with van der Waals surface area (Å²) in [4.78, 5) is 18.4. The Kier molecular flexibility index (Phi) is 8.36. The number of piperidine rings is 1. The second-order valence-electron chi connectivity index (χ2n) is 5.51. The Morgan fingerprint density at radius 1 is 1.35 bits per heavy atom. The van der Waals surface area contributed by atoms with Gasteiger partial charge in [-0.05, 0) is 26.7 Å². The summed E-state index contributed by atoms with van der Waals surface area (Å²) in [6.07, 6.45) is 1.71. The van der Waals surface area contributed by atoms with E-state index in [0.29, 0.717) is 25.7 Å². The molecule has 0 radical (unpaired) electrons. The molecule has 0 bridgehead atoms. The Hall–Kier alpha value is -1.31. The van der Waals surface area contributed by atoms with Gasteiger partial charge in [-0.2, -0.15) is 0 Å². The van der Waals surface area contributed by atoms with Gasteiger partial charge in [0, 0.05) is 25.4 Å². The van der Waals surface area contributed by atoms with Crippen LogP contribution in [-0.2, 0) is 19.4 Å². The minimum atomic E-state index is -3.02. The number of ether oxygens (including phenoxy) is 1. The molecule has 0 spiro atoms. The average molecular weight is 347 g/mol. The van der Waals surface area contributed by atoms with Gasteiger partial charge in [-0.3, -0.25) is 9.79 Å². The number of hydrogen-bond donors (Lipinski definition) is 1. The standard InChI is InChI=1S/C15H29N3O4S/c1-4-16-15(17-9-11-23(20,21)6-3)18-10-7-8-13(12-18)14(19)22-5-2/h13H,4-12H2,1-3H3,(H,16,17). The number of nitrogens with one attached hydrogen (secondary N) is 1. The quantitative estimate of drug-likeness (QED) is 0.413. The van der Waals surface area contributed by atoms with Gasteiger partial charge >= 0.3 is 5.97 Å². The molecule has 0 aromatic carbocycles. The molecule has 7 nitrogen and oxygen atoms in total. The monoisotopic (exact) mass is 347 g/mol. The summed E-state index contributed by atoms with van der Waals surface area (Å²) in [7, 11) is -3.02. The molecule has 1 unspecified atom stereocenters. The lowest BCUT2D eigenvalue weighted by Gasteiger charge is -2.34. The van der Waals surface area contributed by atoms with E-state index in [1.54, 1.807) is 13.8 Å². The number of hydrogen-bond acceptors (Lipinski definition) is 5. The van der Waals surface area contributed by atoms with E-state index in [1.807, 2.05) is 11.8 Å². The molecular weight excluding hydrogens is 318 g/mol. The molecule has 1 aliphatic rings. The number of likely N-dealkylation sites (tertiary alicyclic amines) is 1. The molecule has 0 saturated carbocycles. The fourth-order valence-corrected chi connectivity index (χ4v) is 3.14. The lowest BCUT2D eigenvalue weighted by Crippen LogP contribution is -2.48. The van der Waals surface area contributed by atoms with Crippen molar-refractivity contribution in [3.05, 3.63) is 0 Å². The zero-order valence-corrected chi connectivity index (χ0v) is 15.2. The van der Waals surface area contributed by atoms with Crippen LogP contribution in [-0.4, -0.2) is 69.5 Å². The van der Waals surface area contributed by atoms with E-state index >= 15 is 0 Å². The fraction of sp³-hybridized carbons (Fsp3) is 0.867. The molecule has 1 aliphatic heterocycles. The summed E-state index contributed by atoms with van der Waals surface area (Å²) < 4.78 is 28.2. The molecule has 1 saturated heterocycles. The van der Waals surface area contributed by atoms with Crippen LogP contribution in [0.3, 0.4) is 0 Å². The van der Waals surface area contributed by atoms with E-state index in [1.165, 1.54) is 0 Å². The first-order valence-corrected chi connectivity index (χ1v) is 10.2. The summed E-state index contributed by atoms with van der Waals surface area (Å²) in [5.74, 6) is 0.544. The minimum absolute atomic E-state index is 0.0491. The van der Waals surface area contributed by atoms with Crippen molar-refractivity contribution in [2.24, 2.45) is 10.9 Å². The van der Waals surface area contributed by atoms with Gasteiger partial charge in [0.1, 0.15) is 0 Å². The molecule has 8 heteroatoms. The first-order chi connectivity index (χ1) is 10.9. The van der Waals surface area contributed by atoms with Crippen LogP contribution in [0.25, 0.3) is 0 Å². The zero-order valence-electron chi connectivity index (χ0n) is 14.4. The van der Waals surface area contributed by atoms with Gasteiger partial charge in [0.2, 0.25) is 0 Å². The average Bonchev–Trinajstić information content (AvgIpc) is 2.54. The normalized spacial score (nSPS) is 19.5. The molecule has 0 aromatic heterocycles. The molecule has 1 N–H and O–H groups in total. The maximum atomic E-state index is 11.9. The summed E-state index contributed by atoms with van der Waals surface area (Å²) in [5.41, 5.74) is 0. The van der Waals surface area contributed by atoms with Gasteiger partial charge in [-0.1, -0.05) is 6.92 Å². The van der Waals surface area contributed by atoms with Crippen LogP contribution >= 0.6 is 0 Å². The van der Waals surface area contributed by atoms with Crippen molar-refractivity contribution < 1.29 is 17.9 Å². The Balaban J connectivity index is 2.70. The molecule has 23 heavy (non-hydrogen) atoms. The van der Waals surface area contributed by atoms with Crippen molar-refractivity contribution in [1.29, 1.82) is 0 Å². The SMILES string of the molecule is CCNC(=NCCS(=O)(=O)CC)N1CCCC(C(=O)OCC)C1.